The number of benzene rings is 1. The fourth-order valence-electron chi connectivity index (χ4n) is 2.06. The zero-order valence-corrected chi connectivity index (χ0v) is 12.1. The molecule has 0 radical (unpaired) electrons. The number of aryl methyl sites for hydroxylation is 1. The molecule has 4 nitrogen and oxygen atoms in total. The molecule has 1 aromatic heterocycles. The average Bonchev–Trinajstić information content (AvgIpc) is 2.80. The zero-order chi connectivity index (χ0) is 14.0. The quantitative estimate of drug-likeness (QED) is 0.936. The van der Waals surface area contributed by atoms with Gasteiger partial charge in [0, 0.05) is 17.5 Å². The van der Waals surface area contributed by atoms with Crippen molar-refractivity contribution < 1.29 is 5.11 Å². The topological polar surface area (TPSA) is 50.9 Å². The molecule has 19 heavy (non-hydrogen) atoms. The second-order valence-electron chi connectivity index (χ2n) is 4.91. The molecule has 5 heteroatoms. The van der Waals surface area contributed by atoms with E-state index in [9.17, 15) is 5.11 Å². The lowest BCUT2D eigenvalue weighted by Crippen LogP contribution is -2.12. The first-order valence-electron chi connectivity index (χ1n) is 6.32. The first kappa shape index (κ1) is 14.0. The predicted octanol–water partition coefficient (Wildman–Crippen LogP) is 3.10. The summed E-state index contributed by atoms with van der Waals surface area (Å²) < 4.78 is 1.81. The molecule has 0 spiro atoms. The number of nitrogens with zero attached hydrogens (tertiary/aromatic N) is 3. The summed E-state index contributed by atoms with van der Waals surface area (Å²) in [5, 5.41) is 15.1. The van der Waals surface area contributed by atoms with E-state index < -0.39 is 6.10 Å². The highest BCUT2D eigenvalue weighted by Gasteiger charge is 2.17. The fraction of sp³-hybridized carbons (Fsp3) is 0.429. The molecule has 0 aliphatic heterocycles. The van der Waals surface area contributed by atoms with E-state index in [0.717, 1.165) is 17.0 Å². The van der Waals surface area contributed by atoms with Gasteiger partial charge in [-0.1, -0.05) is 29.8 Å². The van der Waals surface area contributed by atoms with Gasteiger partial charge >= 0.3 is 0 Å². The van der Waals surface area contributed by atoms with Gasteiger partial charge in [0.15, 0.2) is 0 Å². The lowest BCUT2D eigenvalue weighted by molar-refractivity contribution is 0.173. The largest absolute Gasteiger partial charge is 0.388 e. The monoisotopic (exact) mass is 279 g/mol. The van der Waals surface area contributed by atoms with E-state index >= 15 is 0 Å². The third-order valence-corrected chi connectivity index (χ3v) is 3.61. The number of hydrogen-bond acceptors (Lipinski definition) is 3. The molecule has 2 rings (SSSR count). The Balaban J connectivity index is 2.23. The second kappa shape index (κ2) is 5.72. The van der Waals surface area contributed by atoms with Crippen LogP contribution in [0, 0.1) is 6.92 Å². The van der Waals surface area contributed by atoms with Crippen LogP contribution in [0.25, 0.3) is 0 Å². The molecule has 1 aromatic carbocycles. The Hall–Kier alpha value is -1.39. The highest BCUT2D eigenvalue weighted by molar-refractivity contribution is 6.32. The number of aliphatic hydroxyl groups excluding tert-OH is 1. The maximum absolute atomic E-state index is 10.3. The maximum atomic E-state index is 10.3. The SMILES string of the molecule is Cc1cccc(C(O)Cc2ncnn2C(C)C)c1Cl. The van der Waals surface area contributed by atoms with E-state index in [-0.39, 0.29) is 6.04 Å². The third-order valence-electron chi connectivity index (χ3n) is 3.09. The van der Waals surface area contributed by atoms with E-state index in [4.69, 9.17) is 11.6 Å². The first-order valence-corrected chi connectivity index (χ1v) is 6.70. The lowest BCUT2D eigenvalue weighted by atomic mass is 10.0. The van der Waals surface area contributed by atoms with Crippen molar-refractivity contribution in [3.05, 3.63) is 46.5 Å². The Bertz CT molecular complexity index is 566. The molecule has 0 amide bonds. The molecule has 0 bridgehead atoms. The summed E-state index contributed by atoms with van der Waals surface area (Å²) in [4.78, 5) is 4.20. The molecule has 1 unspecified atom stereocenters. The smallest absolute Gasteiger partial charge is 0.138 e. The van der Waals surface area contributed by atoms with Crippen LogP contribution in [0.4, 0.5) is 0 Å². The van der Waals surface area contributed by atoms with Crippen molar-refractivity contribution in [3.8, 4) is 0 Å². The van der Waals surface area contributed by atoms with Gasteiger partial charge in [-0.05, 0) is 31.9 Å². The van der Waals surface area contributed by atoms with Crippen molar-refractivity contribution >= 4 is 11.6 Å². The van der Waals surface area contributed by atoms with Gasteiger partial charge in [0.1, 0.15) is 12.2 Å². The van der Waals surface area contributed by atoms with Gasteiger partial charge in [-0.15, -0.1) is 0 Å². The van der Waals surface area contributed by atoms with E-state index in [1.807, 2.05) is 43.7 Å². The molecule has 0 fully saturated rings. The van der Waals surface area contributed by atoms with Crippen LogP contribution in [0.1, 0.15) is 42.9 Å². The molecule has 1 atom stereocenters. The van der Waals surface area contributed by atoms with Crippen LogP contribution in [0.15, 0.2) is 24.5 Å². The van der Waals surface area contributed by atoms with E-state index in [0.29, 0.717) is 11.4 Å². The Labute approximate surface area is 118 Å². The number of aliphatic hydroxyl groups is 1. The second-order valence-corrected chi connectivity index (χ2v) is 5.29. The summed E-state index contributed by atoms with van der Waals surface area (Å²) in [6.07, 6.45) is 1.25. The summed E-state index contributed by atoms with van der Waals surface area (Å²) in [5.74, 6) is 0.764. The van der Waals surface area contributed by atoms with Crippen LogP contribution in [0.2, 0.25) is 5.02 Å². The summed E-state index contributed by atoms with van der Waals surface area (Å²) in [6, 6.07) is 5.88. The minimum absolute atomic E-state index is 0.220. The summed E-state index contributed by atoms with van der Waals surface area (Å²) in [5.41, 5.74) is 1.70. The highest BCUT2D eigenvalue weighted by atomic mass is 35.5. The summed E-state index contributed by atoms with van der Waals surface area (Å²) >= 11 is 6.23. The predicted molar refractivity (Wildman–Crippen MR) is 75.3 cm³/mol. The van der Waals surface area contributed by atoms with E-state index in [2.05, 4.69) is 10.1 Å². The fourth-order valence-corrected chi connectivity index (χ4v) is 2.31. The van der Waals surface area contributed by atoms with Gasteiger partial charge in [0.25, 0.3) is 0 Å². The van der Waals surface area contributed by atoms with E-state index in [1.165, 1.54) is 6.33 Å². The Morgan fingerprint density at radius 3 is 2.79 bits per heavy atom. The number of hydrogen-bond donors (Lipinski definition) is 1. The van der Waals surface area contributed by atoms with Gasteiger partial charge in [-0.3, -0.25) is 0 Å². The molecular weight excluding hydrogens is 262 g/mol. The average molecular weight is 280 g/mol. The Morgan fingerprint density at radius 2 is 2.11 bits per heavy atom. The van der Waals surface area contributed by atoms with Gasteiger partial charge in [-0.2, -0.15) is 5.10 Å². The highest BCUT2D eigenvalue weighted by Crippen LogP contribution is 2.28. The van der Waals surface area contributed by atoms with Gasteiger partial charge in [0.05, 0.1) is 6.10 Å². The number of halogens is 1. The molecule has 0 saturated heterocycles. The lowest BCUT2D eigenvalue weighted by Gasteiger charge is -2.15. The summed E-state index contributed by atoms with van der Waals surface area (Å²) in [6.45, 7) is 5.99. The van der Waals surface area contributed by atoms with Crippen LogP contribution in [0.3, 0.4) is 0 Å². The standard InChI is InChI=1S/C14H18ClN3O/c1-9(2)18-13(16-8-17-18)7-12(19)11-6-4-5-10(3)14(11)15/h4-6,8-9,12,19H,7H2,1-3H3. The van der Waals surface area contributed by atoms with Crippen LogP contribution >= 0.6 is 11.6 Å². The molecule has 0 saturated carbocycles. The van der Waals surface area contributed by atoms with Crippen molar-refractivity contribution in [2.24, 2.45) is 0 Å². The molecule has 0 aliphatic carbocycles. The normalized spacial score (nSPS) is 12.9. The minimum Gasteiger partial charge on any atom is -0.388 e. The first-order chi connectivity index (χ1) is 9.00. The van der Waals surface area contributed by atoms with Crippen molar-refractivity contribution in [1.82, 2.24) is 14.8 Å². The minimum atomic E-state index is -0.672. The van der Waals surface area contributed by atoms with Crippen molar-refractivity contribution in [2.75, 3.05) is 0 Å². The molecular formula is C14H18ClN3O. The number of rotatable bonds is 4. The maximum Gasteiger partial charge on any atom is 0.138 e. The molecule has 1 N–H and O–H groups in total. The molecule has 102 valence electrons. The molecule has 0 aliphatic rings. The van der Waals surface area contributed by atoms with Crippen molar-refractivity contribution in [3.63, 3.8) is 0 Å². The van der Waals surface area contributed by atoms with Crippen molar-refractivity contribution in [1.29, 1.82) is 0 Å². The number of aromatic nitrogens is 3. The third kappa shape index (κ3) is 2.96. The van der Waals surface area contributed by atoms with Crippen LogP contribution in [-0.4, -0.2) is 19.9 Å². The van der Waals surface area contributed by atoms with Crippen LogP contribution in [-0.2, 0) is 6.42 Å². The van der Waals surface area contributed by atoms with Gasteiger partial charge in [0.2, 0.25) is 0 Å². The van der Waals surface area contributed by atoms with Crippen LogP contribution in [0.5, 0.6) is 0 Å². The summed E-state index contributed by atoms with van der Waals surface area (Å²) in [7, 11) is 0. The molecule has 2 aromatic rings. The Kier molecular flexibility index (Phi) is 4.22. The van der Waals surface area contributed by atoms with Crippen molar-refractivity contribution in [2.45, 2.75) is 39.3 Å². The van der Waals surface area contributed by atoms with Crippen LogP contribution < -0.4 is 0 Å². The zero-order valence-electron chi connectivity index (χ0n) is 11.3. The Morgan fingerprint density at radius 1 is 1.37 bits per heavy atom. The molecule has 1 heterocycles. The van der Waals surface area contributed by atoms with Gasteiger partial charge in [-0.25, -0.2) is 9.67 Å². The van der Waals surface area contributed by atoms with Gasteiger partial charge < -0.3 is 5.11 Å². The van der Waals surface area contributed by atoms with E-state index in [1.54, 1.807) is 0 Å².